The van der Waals surface area contributed by atoms with Crippen LogP contribution in [0.25, 0.3) is 0 Å². The molecule has 0 atom stereocenters. The molecule has 0 fully saturated rings. The third-order valence-corrected chi connectivity index (χ3v) is 3.88. The SMILES string of the molecule is Nc1cc(F)c(Br)cc1Sc1cc(F)ccc1F. The summed E-state index contributed by atoms with van der Waals surface area (Å²) in [7, 11) is 0. The number of hydrogen-bond acceptors (Lipinski definition) is 2. The number of hydrogen-bond donors (Lipinski definition) is 1. The zero-order valence-corrected chi connectivity index (χ0v) is 11.3. The molecule has 0 spiro atoms. The van der Waals surface area contributed by atoms with Crippen LogP contribution in [0.1, 0.15) is 0 Å². The Kier molecular flexibility index (Phi) is 3.87. The van der Waals surface area contributed by atoms with E-state index in [0.29, 0.717) is 4.90 Å². The molecule has 0 aliphatic heterocycles. The van der Waals surface area contributed by atoms with Gasteiger partial charge in [0, 0.05) is 10.6 Å². The van der Waals surface area contributed by atoms with E-state index < -0.39 is 17.5 Å². The van der Waals surface area contributed by atoms with Crippen LogP contribution in [0.2, 0.25) is 0 Å². The van der Waals surface area contributed by atoms with Crippen molar-refractivity contribution in [1.29, 1.82) is 0 Å². The summed E-state index contributed by atoms with van der Waals surface area (Å²) < 4.78 is 39.9. The van der Waals surface area contributed by atoms with Crippen molar-refractivity contribution in [1.82, 2.24) is 0 Å². The van der Waals surface area contributed by atoms with Crippen LogP contribution in [-0.2, 0) is 0 Å². The molecule has 2 N–H and O–H groups in total. The van der Waals surface area contributed by atoms with Crippen LogP contribution in [-0.4, -0.2) is 0 Å². The lowest BCUT2D eigenvalue weighted by Crippen LogP contribution is -1.92. The molecule has 0 amide bonds. The zero-order valence-electron chi connectivity index (χ0n) is 8.88. The fourth-order valence-electron chi connectivity index (χ4n) is 1.31. The van der Waals surface area contributed by atoms with Crippen molar-refractivity contribution < 1.29 is 13.2 Å². The zero-order chi connectivity index (χ0) is 13.3. The number of nitrogen functional groups attached to an aromatic ring is 1. The van der Waals surface area contributed by atoms with E-state index in [2.05, 4.69) is 15.9 Å². The Balaban J connectivity index is 2.40. The second kappa shape index (κ2) is 5.24. The molecule has 2 rings (SSSR count). The summed E-state index contributed by atoms with van der Waals surface area (Å²) >= 11 is 3.96. The lowest BCUT2D eigenvalue weighted by Gasteiger charge is -2.07. The molecule has 0 aromatic heterocycles. The lowest BCUT2D eigenvalue weighted by molar-refractivity contribution is 0.577. The summed E-state index contributed by atoms with van der Waals surface area (Å²) in [6.45, 7) is 0. The first kappa shape index (κ1) is 13.3. The van der Waals surface area contributed by atoms with Gasteiger partial charge in [-0.15, -0.1) is 0 Å². The first-order chi connectivity index (χ1) is 8.47. The van der Waals surface area contributed by atoms with Gasteiger partial charge in [-0.1, -0.05) is 11.8 Å². The summed E-state index contributed by atoms with van der Waals surface area (Å²) in [5, 5.41) is 0. The standard InChI is InChI=1S/C12H7BrF3NS/c13-7-4-12(10(17)5-9(7)16)18-11-3-6(14)1-2-8(11)15/h1-5H,17H2. The second-order valence-corrected chi connectivity index (χ2v) is 5.42. The molecule has 0 saturated carbocycles. The highest BCUT2D eigenvalue weighted by atomic mass is 79.9. The molecule has 2 aromatic carbocycles. The quantitative estimate of drug-likeness (QED) is 0.813. The first-order valence-electron chi connectivity index (χ1n) is 4.85. The van der Waals surface area contributed by atoms with Gasteiger partial charge in [0.2, 0.25) is 0 Å². The van der Waals surface area contributed by atoms with Crippen molar-refractivity contribution in [3.8, 4) is 0 Å². The maximum absolute atomic E-state index is 13.5. The van der Waals surface area contributed by atoms with Gasteiger partial charge in [-0.05, 0) is 46.3 Å². The van der Waals surface area contributed by atoms with Gasteiger partial charge in [-0.3, -0.25) is 0 Å². The van der Waals surface area contributed by atoms with E-state index in [-0.39, 0.29) is 15.1 Å². The van der Waals surface area contributed by atoms with Crippen LogP contribution >= 0.6 is 27.7 Å². The maximum atomic E-state index is 13.5. The molecule has 0 heterocycles. The predicted octanol–water partition coefficient (Wildman–Crippen LogP) is 4.60. The molecule has 0 bridgehead atoms. The molecule has 0 saturated heterocycles. The summed E-state index contributed by atoms with van der Waals surface area (Å²) in [5.41, 5.74) is 5.80. The third-order valence-electron chi connectivity index (χ3n) is 2.17. The third kappa shape index (κ3) is 2.81. The molecule has 6 heteroatoms. The monoisotopic (exact) mass is 333 g/mol. The minimum absolute atomic E-state index is 0.0974. The van der Waals surface area contributed by atoms with Crippen LogP contribution in [0.15, 0.2) is 44.6 Å². The van der Waals surface area contributed by atoms with Crippen LogP contribution < -0.4 is 5.73 Å². The Labute approximate surface area is 114 Å². The number of nitrogens with two attached hydrogens (primary N) is 1. The lowest BCUT2D eigenvalue weighted by atomic mass is 10.3. The Morgan fingerprint density at radius 3 is 2.39 bits per heavy atom. The Bertz CT molecular complexity index is 604. The van der Waals surface area contributed by atoms with Crippen LogP contribution in [0.5, 0.6) is 0 Å². The van der Waals surface area contributed by atoms with E-state index in [1.54, 1.807) is 0 Å². The first-order valence-corrected chi connectivity index (χ1v) is 6.46. The van der Waals surface area contributed by atoms with Crippen molar-refractivity contribution in [3.05, 3.63) is 52.3 Å². The normalized spacial score (nSPS) is 10.7. The van der Waals surface area contributed by atoms with Gasteiger partial charge >= 0.3 is 0 Å². The number of anilines is 1. The van der Waals surface area contributed by atoms with Crippen molar-refractivity contribution in [3.63, 3.8) is 0 Å². The van der Waals surface area contributed by atoms with Gasteiger partial charge in [0.05, 0.1) is 9.37 Å². The average molecular weight is 334 g/mol. The molecule has 0 aliphatic rings. The molecular weight excluding hydrogens is 327 g/mol. The van der Waals surface area contributed by atoms with Crippen molar-refractivity contribution >= 4 is 33.4 Å². The average Bonchev–Trinajstić information content (AvgIpc) is 2.30. The van der Waals surface area contributed by atoms with Gasteiger partial charge in [0.1, 0.15) is 17.5 Å². The summed E-state index contributed by atoms with van der Waals surface area (Å²) in [5.74, 6) is -1.60. The molecular formula is C12H7BrF3NS. The molecule has 0 radical (unpaired) electrons. The van der Waals surface area contributed by atoms with Crippen molar-refractivity contribution in [2.45, 2.75) is 9.79 Å². The molecule has 2 aromatic rings. The Morgan fingerprint density at radius 1 is 0.944 bits per heavy atom. The predicted molar refractivity (Wildman–Crippen MR) is 69.0 cm³/mol. The van der Waals surface area contributed by atoms with E-state index in [4.69, 9.17) is 5.73 Å². The smallest absolute Gasteiger partial charge is 0.139 e. The van der Waals surface area contributed by atoms with E-state index in [1.165, 1.54) is 6.07 Å². The fraction of sp³-hybridized carbons (Fsp3) is 0. The molecule has 18 heavy (non-hydrogen) atoms. The van der Waals surface area contributed by atoms with Crippen LogP contribution in [0.3, 0.4) is 0 Å². The largest absolute Gasteiger partial charge is 0.398 e. The molecule has 0 aliphatic carbocycles. The summed E-state index contributed by atoms with van der Waals surface area (Å²) in [6, 6.07) is 5.69. The minimum Gasteiger partial charge on any atom is -0.398 e. The number of benzene rings is 2. The van der Waals surface area contributed by atoms with Crippen molar-refractivity contribution in [2.24, 2.45) is 0 Å². The Hall–Kier alpha value is -1.14. The number of rotatable bonds is 2. The van der Waals surface area contributed by atoms with E-state index in [9.17, 15) is 13.2 Å². The van der Waals surface area contributed by atoms with E-state index >= 15 is 0 Å². The Morgan fingerprint density at radius 2 is 1.67 bits per heavy atom. The van der Waals surface area contributed by atoms with Gasteiger partial charge < -0.3 is 5.73 Å². The topological polar surface area (TPSA) is 26.0 Å². The van der Waals surface area contributed by atoms with Gasteiger partial charge in [-0.2, -0.15) is 0 Å². The maximum Gasteiger partial charge on any atom is 0.139 e. The second-order valence-electron chi connectivity index (χ2n) is 3.48. The molecule has 94 valence electrons. The summed E-state index contributed by atoms with van der Waals surface area (Å²) in [4.78, 5) is 0.549. The van der Waals surface area contributed by atoms with E-state index in [0.717, 1.165) is 36.0 Å². The highest BCUT2D eigenvalue weighted by Crippen LogP contribution is 2.36. The van der Waals surface area contributed by atoms with Crippen molar-refractivity contribution in [2.75, 3.05) is 5.73 Å². The van der Waals surface area contributed by atoms with E-state index in [1.807, 2.05) is 0 Å². The highest BCUT2D eigenvalue weighted by Gasteiger charge is 2.11. The number of halogens is 4. The van der Waals surface area contributed by atoms with Gasteiger partial charge in [0.15, 0.2) is 0 Å². The molecule has 1 nitrogen and oxygen atoms in total. The molecule has 0 unspecified atom stereocenters. The van der Waals surface area contributed by atoms with Gasteiger partial charge in [0.25, 0.3) is 0 Å². The van der Waals surface area contributed by atoms with Crippen LogP contribution in [0.4, 0.5) is 18.9 Å². The van der Waals surface area contributed by atoms with Crippen LogP contribution in [0, 0.1) is 17.5 Å². The minimum atomic E-state index is -0.554. The highest BCUT2D eigenvalue weighted by molar-refractivity contribution is 9.10. The van der Waals surface area contributed by atoms with Gasteiger partial charge in [-0.25, -0.2) is 13.2 Å². The summed E-state index contributed by atoms with van der Waals surface area (Å²) in [6.07, 6.45) is 0. The fourth-order valence-corrected chi connectivity index (χ4v) is 2.73.